The van der Waals surface area contributed by atoms with Crippen LogP contribution in [0, 0.1) is 5.41 Å². The summed E-state index contributed by atoms with van der Waals surface area (Å²) in [6.07, 6.45) is 5.76. The van der Waals surface area contributed by atoms with E-state index in [1.54, 1.807) is 12.1 Å². The van der Waals surface area contributed by atoms with E-state index in [2.05, 4.69) is 10.0 Å². The second-order valence-electron chi connectivity index (χ2n) is 6.23. The topological polar surface area (TPSA) is 101 Å². The zero-order chi connectivity index (χ0) is 16.9. The number of nitrogens with two attached hydrogens (primary N) is 1. The van der Waals surface area contributed by atoms with Crippen LogP contribution >= 0.6 is 0 Å². The molecule has 128 valence electrons. The molecule has 4 N–H and O–H groups in total. The van der Waals surface area contributed by atoms with Crippen LogP contribution in [0.15, 0.2) is 29.2 Å². The molecule has 23 heavy (non-hydrogen) atoms. The minimum absolute atomic E-state index is 0.114. The highest BCUT2D eigenvalue weighted by atomic mass is 32.2. The van der Waals surface area contributed by atoms with Crippen LogP contribution in [-0.4, -0.2) is 27.9 Å². The van der Waals surface area contributed by atoms with Crippen molar-refractivity contribution in [1.29, 1.82) is 0 Å². The van der Waals surface area contributed by atoms with E-state index in [0.717, 1.165) is 25.7 Å². The second kappa shape index (κ2) is 7.42. The maximum atomic E-state index is 12.3. The molecule has 0 heterocycles. The van der Waals surface area contributed by atoms with Crippen LogP contribution in [-0.2, 0) is 14.8 Å². The van der Waals surface area contributed by atoms with Crippen LogP contribution in [0.25, 0.3) is 0 Å². The number of benzene rings is 1. The van der Waals surface area contributed by atoms with E-state index in [0.29, 0.717) is 18.7 Å². The minimum atomic E-state index is -3.52. The number of amides is 1. The average molecular weight is 339 g/mol. The van der Waals surface area contributed by atoms with Crippen LogP contribution in [0.3, 0.4) is 0 Å². The highest BCUT2D eigenvalue weighted by Crippen LogP contribution is 2.38. The maximum absolute atomic E-state index is 12.3. The second-order valence-corrected chi connectivity index (χ2v) is 8.11. The number of nitrogens with one attached hydrogen (secondary N) is 2. The quantitative estimate of drug-likeness (QED) is 0.736. The van der Waals surface area contributed by atoms with E-state index in [4.69, 9.17) is 5.73 Å². The third-order valence-electron chi connectivity index (χ3n) is 4.58. The molecule has 0 saturated heterocycles. The highest BCUT2D eigenvalue weighted by molar-refractivity contribution is 7.89. The highest BCUT2D eigenvalue weighted by Gasteiger charge is 2.33. The van der Waals surface area contributed by atoms with E-state index >= 15 is 0 Å². The lowest BCUT2D eigenvalue weighted by atomic mass is 9.71. The number of anilines is 1. The molecule has 1 aliphatic carbocycles. The monoisotopic (exact) mass is 339 g/mol. The summed E-state index contributed by atoms with van der Waals surface area (Å²) in [7, 11) is -2.17. The van der Waals surface area contributed by atoms with E-state index in [-0.39, 0.29) is 16.2 Å². The van der Waals surface area contributed by atoms with Crippen molar-refractivity contribution >= 4 is 21.6 Å². The predicted octanol–water partition coefficient (Wildman–Crippen LogP) is 1.83. The zero-order valence-corrected chi connectivity index (χ0v) is 14.3. The summed E-state index contributed by atoms with van der Waals surface area (Å²) in [5.74, 6) is -0.114. The van der Waals surface area contributed by atoms with Gasteiger partial charge >= 0.3 is 0 Å². The first kappa shape index (κ1) is 17.9. The Morgan fingerprint density at radius 1 is 1.26 bits per heavy atom. The molecule has 1 amide bonds. The first-order valence-corrected chi connectivity index (χ1v) is 9.43. The molecule has 6 nitrogen and oxygen atoms in total. The predicted molar refractivity (Wildman–Crippen MR) is 90.5 cm³/mol. The number of carbonyl (C=O) groups excluding carboxylic acids is 1. The van der Waals surface area contributed by atoms with Gasteiger partial charge in [-0.2, -0.15) is 0 Å². The molecule has 1 aliphatic rings. The Balaban J connectivity index is 2.07. The third kappa shape index (κ3) is 4.53. The summed E-state index contributed by atoms with van der Waals surface area (Å²) in [4.78, 5) is 12.5. The molecule has 0 atom stereocenters. The summed E-state index contributed by atoms with van der Waals surface area (Å²) >= 11 is 0. The van der Waals surface area contributed by atoms with Crippen LogP contribution < -0.4 is 15.8 Å². The largest absolute Gasteiger partial charge is 0.330 e. The lowest BCUT2D eigenvalue weighted by molar-refractivity contribution is -0.118. The number of carbonyl (C=O) groups is 1. The van der Waals surface area contributed by atoms with Crippen molar-refractivity contribution in [3.63, 3.8) is 0 Å². The molecule has 0 aliphatic heterocycles. The number of rotatable bonds is 6. The van der Waals surface area contributed by atoms with Gasteiger partial charge in [0, 0.05) is 12.1 Å². The van der Waals surface area contributed by atoms with Crippen molar-refractivity contribution in [2.45, 2.75) is 43.4 Å². The fourth-order valence-electron chi connectivity index (χ4n) is 3.16. The third-order valence-corrected chi connectivity index (χ3v) is 5.99. The molecule has 0 radical (unpaired) electrons. The summed E-state index contributed by atoms with van der Waals surface area (Å²) in [5.41, 5.74) is 6.28. The smallest absolute Gasteiger partial charge is 0.240 e. The Labute approximate surface area is 137 Å². The maximum Gasteiger partial charge on any atom is 0.240 e. The van der Waals surface area contributed by atoms with Crippen LogP contribution in [0.1, 0.15) is 38.5 Å². The van der Waals surface area contributed by atoms with Gasteiger partial charge in [-0.25, -0.2) is 13.1 Å². The van der Waals surface area contributed by atoms with Gasteiger partial charge in [0.2, 0.25) is 15.9 Å². The normalized spacial score (nSPS) is 17.7. The number of sulfonamides is 1. The van der Waals surface area contributed by atoms with Crippen LogP contribution in [0.5, 0.6) is 0 Å². The van der Waals surface area contributed by atoms with Gasteiger partial charge in [0.1, 0.15) is 0 Å². The van der Waals surface area contributed by atoms with Crippen molar-refractivity contribution in [1.82, 2.24) is 4.72 Å². The number of hydrogen-bond acceptors (Lipinski definition) is 4. The Morgan fingerprint density at radius 3 is 2.57 bits per heavy atom. The van der Waals surface area contributed by atoms with Crippen molar-refractivity contribution in [2.24, 2.45) is 11.1 Å². The molecular formula is C16H25N3O3S. The Kier molecular flexibility index (Phi) is 5.78. The van der Waals surface area contributed by atoms with E-state index in [9.17, 15) is 13.2 Å². The van der Waals surface area contributed by atoms with Crippen molar-refractivity contribution < 1.29 is 13.2 Å². The van der Waals surface area contributed by atoms with E-state index < -0.39 is 10.0 Å². The Bertz CT molecular complexity index is 652. The van der Waals surface area contributed by atoms with Gasteiger partial charge in [-0.3, -0.25) is 4.79 Å². The summed E-state index contributed by atoms with van der Waals surface area (Å²) < 4.78 is 25.9. The van der Waals surface area contributed by atoms with E-state index in [1.807, 2.05) is 0 Å². The first-order chi connectivity index (χ1) is 10.9. The lowest BCUT2D eigenvalue weighted by Gasteiger charge is -2.35. The minimum Gasteiger partial charge on any atom is -0.330 e. The first-order valence-electron chi connectivity index (χ1n) is 7.94. The fourth-order valence-corrected chi connectivity index (χ4v) is 3.94. The van der Waals surface area contributed by atoms with Crippen molar-refractivity contribution in [2.75, 3.05) is 18.9 Å². The molecule has 2 rings (SSSR count). The van der Waals surface area contributed by atoms with Gasteiger partial charge in [0.15, 0.2) is 0 Å². The molecule has 7 heteroatoms. The molecule has 1 saturated carbocycles. The van der Waals surface area contributed by atoms with Gasteiger partial charge in [0.05, 0.1) is 4.90 Å². The fraction of sp³-hybridized carbons (Fsp3) is 0.562. The molecule has 0 aromatic heterocycles. The molecular weight excluding hydrogens is 314 g/mol. The van der Waals surface area contributed by atoms with Gasteiger partial charge in [-0.1, -0.05) is 25.3 Å². The van der Waals surface area contributed by atoms with Crippen LogP contribution in [0.4, 0.5) is 5.69 Å². The molecule has 1 aromatic rings. The van der Waals surface area contributed by atoms with Crippen molar-refractivity contribution in [3.8, 4) is 0 Å². The van der Waals surface area contributed by atoms with Gasteiger partial charge in [-0.05, 0) is 50.0 Å². The number of hydrogen-bond donors (Lipinski definition) is 3. The van der Waals surface area contributed by atoms with Gasteiger partial charge in [0.25, 0.3) is 0 Å². The lowest BCUT2D eigenvalue weighted by Crippen LogP contribution is -2.36. The SMILES string of the molecule is CNS(=O)(=O)c1cccc(NC(=O)CC2(CN)CCCCC2)c1. The zero-order valence-electron chi connectivity index (χ0n) is 13.5. The van der Waals surface area contributed by atoms with Crippen LogP contribution in [0.2, 0.25) is 0 Å². The molecule has 0 unspecified atom stereocenters. The van der Waals surface area contributed by atoms with Gasteiger partial charge < -0.3 is 11.1 Å². The molecule has 0 bridgehead atoms. The Morgan fingerprint density at radius 2 is 1.96 bits per heavy atom. The van der Waals surface area contributed by atoms with E-state index in [1.165, 1.54) is 25.6 Å². The molecule has 1 fully saturated rings. The molecule has 0 spiro atoms. The average Bonchev–Trinajstić information content (AvgIpc) is 2.55. The van der Waals surface area contributed by atoms with Gasteiger partial charge in [-0.15, -0.1) is 0 Å². The Hall–Kier alpha value is -1.44. The summed E-state index contributed by atoms with van der Waals surface area (Å²) in [6.45, 7) is 0.509. The standard InChI is InChI=1S/C16H25N3O3S/c1-18-23(21,22)14-7-5-6-13(10-14)19-15(20)11-16(12-17)8-3-2-4-9-16/h5-7,10,18H,2-4,8-9,11-12,17H2,1H3,(H,19,20). The molecule has 1 aromatic carbocycles. The summed E-state index contributed by atoms with van der Waals surface area (Å²) in [5, 5.41) is 2.80. The summed E-state index contributed by atoms with van der Waals surface area (Å²) in [6, 6.07) is 6.24. The van der Waals surface area contributed by atoms with Crippen molar-refractivity contribution in [3.05, 3.63) is 24.3 Å².